The maximum absolute atomic E-state index is 11.8. The first-order chi connectivity index (χ1) is 8.62. The van der Waals surface area contributed by atoms with Crippen LogP contribution in [0.1, 0.15) is 41.0 Å². The number of esters is 1. The molecule has 19 heavy (non-hydrogen) atoms. The number of hydrogen-bond acceptors (Lipinski definition) is 6. The SMILES string of the molecule is COC(=O)C(CC(C)C)N(N=O)C(=O)OC(C)(C)C. The maximum atomic E-state index is 11.8. The van der Waals surface area contributed by atoms with E-state index in [0.29, 0.717) is 5.01 Å². The molecule has 0 aromatic heterocycles. The van der Waals surface area contributed by atoms with Gasteiger partial charge in [-0.3, -0.25) is 0 Å². The zero-order chi connectivity index (χ0) is 15.2. The lowest BCUT2D eigenvalue weighted by Gasteiger charge is -2.27. The second kappa shape index (κ2) is 7.06. The molecule has 1 atom stereocenters. The Labute approximate surface area is 113 Å². The van der Waals surface area contributed by atoms with Crippen LogP contribution in [0.2, 0.25) is 0 Å². The summed E-state index contributed by atoms with van der Waals surface area (Å²) in [5.41, 5.74) is -0.779. The average Bonchev–Trinajstić information content (AvgIpc) is 2.24. The number of carbonyl (C=O) groups excluding carboxylic acids is 2. The van der Waals surface area contributed by atoms with Crippen LogP contribution in [0.4, 0.5) is 4.79 Å². The number of nitroso groups, excluding NO2 is 1. The third-order valence-corrected chi connectivity index (χ3v) is 2.13. The summed E-state index contributed by atoms with van der Waals surface area (Å²) < 4.78 is 9.62. The molecule has 7 heteroatoms. The van der Waals surface area contributed by atoms with Gasteiger partial charge in [-0.2, -0.15) is 0 Å². The van der Waals surface area contributed by atoms with Crippen LogP contribution in [0.3, 0.4) is 0 Å². The number of ether oxygens (including phenoxy) is 2. The van der Waals surface area contributed by atoms with Crippen molar-refractivity contribution in [2.45, 2.75) is 52.7 Å². The highest BCUT2D eigenvalue weighted by molar-refractivity contribution is 5.81. The lowest BCUT2D eigenvalue weighted by molar-refractivity contribution is -0.147. The molecule has 1 amide bonds. The third-order valence-electron chi connectivity index (χ3n) is 2.13. The van der Waals surface area contributed by atoms with Crippen molar-refractivity contribution in [1.82, 2.24) is 5.01 Å². The van der Waals surface area contributed by atoms with E-state index in [-0.39, 0.29) is 12.3 Å². The molecule has 0 aliphatic rings. The molecule has 0 aromatic carbocycles. The normalized spacial score (nSPS) is 12.8. The van der Waals surface area contributed by atoms with Crippen molar-refractivity contribution in [2.75, 3.05) is 7.11 Å². The van der Waals surface area contributed by atoms with Crippen LogP contribution in [-0.2, 0) is 14.3 Å². The monoisotopic (exact) mass is 274 g/mol. The van der Waals surface area contributed by atoms with Gasteiger partial charge in [-0.25, -0.2) is 9.59 Å². The van der Waals surface area contributed by atoms with Crippen LogP contribution in [0, 0.1) is 10.8 Å². The van der Waals surface area contributed by atoms with Gasteiger partial charge in [0.1, 0.15) is 5.60 Å². The summed E-state index contributed by atoms with van der Waals surface area (Å²) in [6.45, 7) is 8.68. The lowest BCUT2D eigenvalue weighted by atomic mass is 10.0. The van der Waals surface area contributed by atoms with Crippen LogP contribution >= 0.6 is 0 Å². The van der Waals surface area contributed by atoms with Gasteiger partial charge in [-0.1, -0.05) is 13.8 Å². The molecule has 0 aliphatic carbocycles. The quantitative estimate of drug-likeness (QED) is 0.437. The van der Waals surface area contributed by atoms with Crippen molar-refractivity contribution >= 4 is 12.1 Å². The molecule has 1 unspecified atom stereocenters. The molecule has 0 spiro atoms. The van der Waals surface area contributed by atoms with E-state index in [1.54, 1.807) is 20.8 Å². The van der Waals surface area contributed by atoms with Crippen LogP contribution in [-0.4, -0.2) is 35.8 Å². The highest BCUT2D eigenvalue weighted by atomic mass is 16.6. The summed E-state index contributed by atoms with van der Waals surface area (Å²) in [4.78, 5) is 34.3. The van der Waals surface area contributed by atoms with E-state index >= 15 is 0 Å². The average molecular weight is 274 g/mol. The van der Waals surface area contributed by atoms with Gasteiger partial charge in [0, 0.05) is 0 Å². The fourth-order valence-electron chi connectivity index (χ4n) is 1.40. The van der Waals surface area contributed by atoms with Crippen LogP contribution < -0.4 is 0 Å². The Hall–Kier alpha value is -1.66. The molecule has 0 radical (unpaired) electrons. The van der Waals surface area contributed by atoms with Crippen molar-refractivity contribution < 1.29 is 19.1 Å². The Balaban J connectivity index is 5.07. The topological polar surface area (TPSA) is 85.3 Å². The Morgan fingerprint density at radius 1 is 1.26 bits per heavy atom. The van der Waals surface area contributed by atoms with Crippen LogP contribution in [0.5, 0.6) is 0 Å². The Morgan fingerprint density at radius 3 is 2.11 bits per heavy atom. The molecule has 7 nitrogen and oxygen atoms in total. The first kappa shape index (κ1) is 17.3. The number of hydrogen-bond donors (Lipinski definition) is 0. The first-order valence-electron chi connectivity index (χ1n) is 6.05. The molecular formula is C12H22N2O5. The van der Waals surface area contributed by atoms with E-state index < -0.39 is 23.7 Å². The molecular weight excluding hydrogens is 252 g/mol. The predicted molar refractivity (Wildman–Crippen MR) is 69.1 cm³/mol. The van der Waals surface area contributed by atoms with E-state index in [1.165, 1.54) is 7.11 Å². The Bertz CT molecular complexity index is 336. The minimum atomic E-state index is -1.07. The Kier molecular flexibility index (Phi) is 6.44. The van der Waals surface area contributed by atoms with Gasteiger partial charge < -0.3 is 9.47 Å². The van der Waals surface area contributed by atoms with E-state index in [2.05, 4.69) is 10.0 Å². The smallest absolute Gasteiger partial charge is 0.434 e. The fraction of sp³-hybridized carbons (Fsp3) is 0.833. The summed E-state index contributed by atoms with van der Waals surface area (Å²) in [6, 6.07) is -1.07. The lowest BCUT2D eigenvalue weighted by Crippen LogP contribution is -2.45. The summed E-state index contributed by atoms with van der Waals surface area (Å²) in [5, 5.41) is 3.10. The van der Waals surface area contributed by atoms with Crippen LogP contribution in [0.25, 0.3) is 0 Å². The zero-order valence-electron chi connectivity index (χ0n) is 12.3. The Morgan fingerprint density at radius 2 is 1.79 bits per heavy atom. The second-order valence-corrected chi connectivity index (χ2v) is 5.58. The van der Waals surface area contributed by atoms with Crippen molar-refractivity contribution in [2.24, 2.45) is 11.2 Å². The maximum Gasteiger partial charge on any atom is 0.434 e. The summed E-state index contributed by atoms with van der Waals surface area (Å²) >= 11 is 0. The van der Waals surface area contributed by atoms with Gasteiger partial charge in [-0.15, -0.1) is 9.92 Å². The molecule has 0 rings (SSSR count). The predicted octanol–water partition coefficient (Wildman–Crippen LogP) is 2.49. The molecule has 0 heterocycles. The molecule has 0 saturated heterocycles. The van der Waals surface area contributed by atoms with Gasteiger partial charge in [0.25, 0.3) is 0 Å². The van der Waals surface area contributed by atoms with Gasteiger partial charge in [0.05, 0.1) is 12.4 Å². The van der Waals surface area contributed by atoms with E-state index in [1.807, 2.05) is 13.8 Å². The van der Waals surface area contributed by atoms with Crippen molar-refractivity contribution in [3.8, 4) is 0 Å². The van der Waals surface area contributed by atoms with Crippen LogP contribution in [0.15, 0.2) is 5.29 Å². The minimum absolute atomic E-state index is 0.0794. The molecule has 0 aromatic rings. The molecule has 0 N–H and O–H groups in total. The summed E-state index contributed by atoms with van der Waals surface area (Å²) in [5.74, 6) is -0.616. The number of carbonyl (C=O) groups is 2. The molecule has 0 bridgehead atoms. The molecule has 0 fully saturated rings. The van der Waals surface area contributed by atoms with Crippen molar-refractivity contribution in [3.05, 3.63) is 4.91 Å². The van der Waals surface area contributed by atoms with E-state index in [4.69, 9.17) is 4.74 Å². The summed E-state index contributed by atoms with van der Waals surface area (Å²) in [7, 11) is 1.19. The van der Waals surface area contributed by atoms with Gasteiger partial charge in [0.2, 0.25) is 0 Å². The first-order valence-corrected chi connectivity index (χ1v) is 6.05. The standard InChI is InChI=1S/C12H22N2O5/c1-8(2)7-9(10(15)18-6)14(13-17)11(16)19-12(3,4)5/h8-9H,7H2,1-6H3. The molecule has 0 saturated carbocycles. The van der Waals surface area contributed by atoms with Gasteiger partial charge in [-0.05, 0) is 33.1 Å². The molecule has 0 aliphatic heterocycles. The fourth-order valence-corrected chi connectivity index (χ4v) is 1.40. The van der Waals surface area contributed by atoms with Gasteiger partial charge in [0.15, 0.2) is 6.04 Å². The van der Waals surface area contributed by atoms with Crippen molar-refractivity contribution in [3.63, 3.8) is 0 Å². The molecule has 110 valence electrons. The highest BCUT2D eigenvalue weighted by Gasteiger charge is 2.35. The van der Waals surface area contributed by atoms with Crippen molar-refractivity contribution in [1.29, 1.82) is 0 Å². The third kappa shape index (κ3) is 6.17. The number of nitrogens with zero attached hydrogens (tertiary/aromatic N) is 2. The minimum Gasteiger partial charge on any atom is -0.467 e. The van der Waals surface area contributed by atoms with E-state index in [9.17, 15) is 14.5 Å². The number of rotatable bonds is 5. The second-order valence-electron chi connectivity index (χ2n) is 5.58. The van der Waals surface area contributed by atoms with Gasteiger partial charge >= 0.3 is 12.1 Å². The largest absolute Gasteiger partial charge is 0.467 e. The van der Waals surface area contributed by atoms with E-state index in [0.717, 1.165) is 0 Å². The highest BCUT2D eigenvalue weighted by Crippen LogP contribution is 2.17. The number of methoxy groups -OCH3 is 1. The summed E-state index contributed by atoms with van der Waals surface area (Å²) in [6.07, 6.45) is -0.698. The number of amides is 1. The zero-order valence-corrected chi connectivity index (χ0v) is 12.3.